The van der Waals surface area contributed by atoms with Crippen LogP contribution in [0.25, 0.3) is 11.1 Å². The fraction of sp³-hybridized carbons (Fsp3) is 0.200. The minimum Gasteiger partial charge on any atom is -0.492 e. The maximum absolute atomic E-state index is 13.0. The Hall–Kier alpha value is -3.05. The predicted octanol–water partition coefficient (Wildman–Crippen LogP) is 6.41. The Bertz CT molecular complexity index is 976. The molecule has 30 heavy (non-hydrogen) atoms. The second-order valence-electron chi connectivity index (χ2n) is 6.81. The van der Waals surface area contributed by atoms with Crippen LogP contribution in [0.15, 0.2) is 78.9 Å². The Kier molecular flexibility index (Phi) is 6.95. The summed E-state index contributed by atoms with van der Waals surface area (Å²) in [7, 11) is 0. The number of hydrogen-bond donors (Lipinski definition) is 1. The van der Waals surface area contributed by atoms with Crippen LogP contribution in [0.5, 0.6) is 5.75 Å². The zero-order valence-corrected chi connectivity index (χ0v) is 16.7. The van der Waals surface area contributed by atoms with Crippen LogP contribution in [0.3, 0.4) is 0 Å². The highest BCUT2D eigenvalue weighted by Crippen LogP contribution is 2.36. The average molecular weight is 411 g/mol. The van der Waals surface area contributed by atoms with E-state index in [0.717, 1.165) is 45.7 Å². The Morgan fingerprint density at radius 1 is 0.800 bits per heavy atom. The number of halogens is 3. The van der Waals surface area contributed by atoms with Crippen LogP contribution >= 0.6 is 0 Å². The molecule has 0 spiro atoms. The molecule has 2 nitrogen and oxygen atoms in total. The second-order valence-corrected chi connectivity index (χ2v) is 6.81. The van der Waals surface area contributed by atoms with Crippen molar-refractivity contribution in [1.82, 2.24) is 0 Å². The SMILES string of the molecule is CC/C(=C(\c1ccccc1)c1ccc(OCCN)cc1)c1ccc(C(F)(F)F)cc1. The minimum absolute atomic E-state index is 0.435. The van der Waals surface area contributed by atoms with Gasteiger partial charge in [0.2, 0.25) is 0 Å². The summed E-state index contributed by atoms with van der Waals surface area (Å²) in [6, 6.07) is 22.9. The molecule has 0 radical (unpaired) electrons. The van der Waals surface area contributed by atoms with Crippen molar-refractivity contribution in [3.05, 3.63) is 101 Å². The molecule has 0 amide bonds. The number of allylic oxidation sites excluding steroid dienone is 1. The fourth-order valence-electron chi connectivity index (χ4n) is 3.40. The fourth-order valence-corrected chi connectivity index (χ4v) is 3.40. The van der Waals surface area contributed by atoms with Gasteiger partial charge in [0.25, 0.3) is 0 Å². The molecule has 3 rings (SSSR count). The van der Waals surface area contributed by atoms with Gasteiger partial charge in [-0.2, -0.15) is 13.2 Å². The van der Waals surface area contributed by atoms with Crippen LogP contribution in [0.2, 0.25) is 0 Å². The van der Waals surface area contributed by atoms with Crippen molar-refractivity contribution in [3.63, 3.8) is 0 Å². The molecule has 0 heterocycles. The summed E-state index contributed by atoms with van der Waals surface area (Å²) in [5, 5.41) is 0. The lowest BCUT2D eigenvalue weighted by atomic mass is 9.88. The molecule has 156 valence electrons. The molecule has 0 saturated carbocycles. The number of nitrogens with two attached hydrogens (primary N) is 1. The van der Waals surface area contributed by atoms with Crippen LogP contribution in [0, 0.1) is 0 Å². The van der Waals surface area contributed by atoms with Crippen LogP contribution < -0.4 is 10.5 Å². The van der Waals surface area contributed by atoms with E-state index in [1.165, 1.54) is 0 Å². The molecular weight excluding hydrogens is 387 g/mol. The molecule has 2 N–H and O–H groups in total. The highest BCUT2D eigenvalue weighted by molar-refractivity contribution is 5.98. The van der Waals surface area contributed by atoms with Crippen LogP contribution in [0.4, 0.5) is 13.2 Å². The first-order valence-electron chi connectivity index (χ1n) is 9.83. The number of ether oxygens (including phenoxy) is 1. The lowest BCUT2D eigenvalue weighted by Gasteiger charge is -2.17. The Morgan fingerprint density at radius 3 is 1.90 bits per heavy atom. The first-order valence-corrected chi connectivity index (χ1v) is 9.83. The first kappa shape index (κ1) is 21.7. The Balaban J connectivity index is 2.11. The van der Waals surface area contributed by atoms with Crippen molar-refractivity contribution in [3.8, 4) is 5.75 Å². The van der Waals surface area contributed by atoms with E-state index >= 15 is 0 Å². The number of benzene rings is 3. The van der Waals surface area contributed by atoms with Crippen molar-refractivity contribution in [2.24, 2.45) is 5.73 Å². The summed E-state index contributed by atoms with van der Waals surface area (Å²) >= 11 is 0. The van der Waals surface area contributed by atoms with Gasteiger partial charge in [-0.15, -0.1) is 0 Å². The van der Waals surface area contributed by atoms with E-state index in [0.29, 0.717) is 19.6 Å². The molecule has 0 aromatic heterocycles. The maximum atomic E-state index is 13.0. The van der Waals surface area contributed by atoms with Gasteiger partial charge in [-0.1, -0.05) is 61.5 Å². The molecule has 0 aliphatic rings. The molecule has 0 atom stereocenters. The topological polar surface area (TPSA) is 35.2 Å². The molecule has 3 aromatic rings. The van der Waals surface area contributed by atoms with Crippen LogP contribution in [-0.4, -0.2) is 13.2 Å². The summed E-state index contributed by atoms with van der Waals surface area (Å²) in [6.07, 6.45) is -3.68. The third-order valence-corrected chi connectivity index (χ3v) is 4.81. The standard InChI is InChI=1S/C25H24F3NO/c1-2-23(18-8-12-21(13-9-18)25(26,27)28)24(19-6-4-3-5-7-19)20-10-14-22(15-11-20)30-17-16-29/h3-15H,2,16-17,29H2,1H3/b24-23-. The van der Waals surface area contributed by atoms with E-state index in [1.54, 1.807) is 12.1 Å². The van der Waals surface area contributed by atoms with Gasteiger partial charge < -0.3 is 10.5 Å². The number of rotatable bonds is 7. The summed E-state index contributed by atoms with van der Waals surface area (Å²) in [6.45, 7) is 2.88. The van der Waals surface area contributed by atoms with E-state index < -0.39 is 11.7 Å². The minimum atomic E-state index is -4.35. The first-order chi connectivity index (χ1) is 14.4. The molecule has 3 aromatic carbocycles. The molecular formula is C25H24F3NO. The molecule has 0 fully saturated rings. The van der Waals surface area contributed by atoms with E-state index in [2.05, 4.69) is 0 Å². The van der Waals surface area contributed by atoms with E-state index in [1.807, 2.05) is 61.5 Å². The number of hydrogen-bond acceptors (Lipinski definition) is 2. The maximum Gasteiger partial charge on any atom is 0.416 e. The van der Waals surface area contributed by atoms with Crippen molar-refractivity contribution >= 4 is 11.1 Å². The Labute approximate surface area is 174 Å². The highest BCUT2D eigenvalue weighted by Gasteiger charge is 2.30. The van der Waals surface area contributed by atoms with Gasteiger partial charge in [-0.3, -0.25) is 0 Å². The quantitative estimate of drug-likeness (QED) is 0.456. The normalized spacial score (nSPS) is 12.4. The summed E-state index contributed by atoms with van der Waals surface area (Å²) < 4.78 is 44.5. The zero-order chi connectivity index (χ0) is 21.6. The van der Waals surface area contributed by atoms with Crippen molar-refractivity contribution in [2.45, 2.75) is 19.5 Å². The van der Waals surface area contributed by atoms with E-state index in [-0.39, 0.29) is 0 Å². The molecule has 0 aliphatic carbocycles. The summed E-state index contributed by atoms with van der Waals surface area (Å²) in [5.74, 6) is 0.726. The van der Waals surface area contributed by atoms with Crippen molar-refractivity contribution < 1.29 is 17.9 Å². The van der Waals surface area contributed by atoms with Crippen LogP contribution in [0.1, 0.15) is 35.6 Å². The highest BCUT2D eigenvalue weighted by atomic mass is 19.4. The smallest absolute Gasteiger partial charge is 0.416 e. The molecule has 0 bridgehead atoms. The van der Waals surface area contributed by atoms with Gasteiger partial charge >= 0.3 is 6.18 Å². The van der Waals surface area contributed by atoms with Gasteiger partial charge in [0.15, 0.2) is 0 Å². The molecule has 0 unspecified atom stereocenters. The number of alkyl halides is 3. The van der Waals surface area contributed by atoms with E-state index in [4.69, 9.17) is 10.5 Å². The Morgan fingerprint density at radius 2 is 1.37 bits per heavy atom. The van der Waals surface area contributed by atoms with E-state index in [9.17, 15) is 13.2 Å². The van der Waals surface area contributed by atoms with Crippen molar-refractivity contribution in [2.75, 3.05) is 13.2 Å². The summed E-state index contributed by atoms with van der Waals surface area (Å²) in [4.78, 5) is 0. The average Bonchev–Trinajstić information content (AvgIpc) is 2.76. The van der Waals surface area contributed by atoms with Crippen LogP contribution in [-0.2, 0) is 6.18 Å². The summed E-state index contributed by atoms with van der Waals surface area (Å²) in [5.41, 5.74) is 9.55. The predicted molar refractivity (Wildman–Crippen MR) is 115 cm³/mol. The lowest BCUT2D eigenvalue weighted by Crippen LogP contribution is -2.10. The van der Waals surface area contributed by atoms with Gasteiger partial charge in [0.05, 0.1) is 5.56 Å². The van der Waals surface area contributed by atoms with Gasteiger partial charge in [-0.25, -0.2) is 0 Å². The third kappa shape index (κ3) is 5.10. The second kappa shape index (κ2) is 9.63. The molecule has 5 heteroatoms. The van der Waals surface area contributed by atoms with Gasteiger partial charge in [-0.05, 0) is 58.5 Å². The van der Waals surface area contributed by atoms with Gasteiger partial charge in [0.1, 0.15) is 12.4 Å². The third-order valence-electron chi connectivity index (χ3n) is 4.81. The molecule has 0 aliphatic heterocycles. The largest absolute Gasteiger partial charge is 0.492 e. The zero-order valence-electron chi connectivity index (χ0n) is 16.7. The van der Waals surface area contributed by atoms with Crippen molar-refractivity contribution in [1.29, 1.82) is 0 Å². The monoisotopic (exact) mass is 411 g/mol. The van der Waals surface area contributed by atoms with Gasteiger partial charge in [0, 0.05) is 6.54 Å². The lowest BCUT2D eigenvalue weighted by molar-refractivity contribution is -0.137. The molecule has 0 saturated heterocycles.